The second-order valence-corrected chi connectivity index (χ2v) is 11.0. The third-order valence-corrected chi connectivity index (χ3v) is 7.45. The van der Waals surface area contributed by atoms with E-state index in [1.165, 1.54) is 121 Å². The van der Waals surface area contributed by atoms with Crippen molar-refractivity contribution in [1.29, 1.82) is 0 Å². The van der Waals surface area contributed by atoms with Crippen molar-refractivity contribution in [3.63, 3.8) is 0 Å². The number of benzene rings is 1. The highest BCUT2D eigenvalue weighted by molar-refractivity contribution is 5.23. The van der Waals surface area contributed by atoms with Crippen molar-refractivity contribution in [3.8, 4) is 0 Å². The summed E-state index contributed by atoms with van der Waals surface area (Å²) in [6.07, 6.45) is 21.7. The highest BCUT2D eigenvalue weighted by Crippen LogP contribution is 2.19. The molecule has 0 saturated heterocycles. The third kappa shape index (κ3) is 16.7. The maximum atomic E-state index is 3.71. The molecule has 1 aromatic rings. The van der Waals surface area contributed by atoms with E-state index in [0.29, 0.717) is 6.04 Å². The standard InChI is InChI=1S/C32H60N2/c1-6-9-12-15-17-29(4)33-26-24-30-20-22-31(23-21-30)25-27-34(5)28-32(18-14-11-8-3)19-16-13-10-7-2/h20-23,29,32-33H,6-19,24-28H2,1-5H3. The van der Waals surface area contributed by atoms with Gasteiger partial charge in [-0.1, -0.05) is 116 Å². The summed E-state index contributed by atoms with van der Waals surface area (Å²) in [5.74, 6) is 0.886. The fourth-order valence-corrected chi connectivity index (χ4v) is 5.04. The van der Waals surface area contributed by atoms with Crippen molar-refractivity contribution in [3.05, 3.63) is 35.4 Å². The number of likely N-dealkylation sites (N-methyl/N-ethyl adjacent to an activating group) is 1. The Morgan fingerprint density at radius 1 is 0.676 bits per heavy atom. The Hall–Kier alpha value is -0.860. The van der Waals surface area contributed by atoms with Crippen molar-refractivity contribution in [2.24, 2.45) is 5.92 Å². The predicted molar refractivity (Wildman–Crippen MR) is 154 cm³/mol. The molecule has 0 aromatic heterocycles. The molecule has 2 unspecified atom stereocenters. The quantitative estimate of drug-likeness (QED) is 0.160. The number of unbranched alkanes of at least 4 members (excludes halogenated alkanes) is 8. The average molecular weight is 473 g/mol. The molecule has 2 heteroatoms. The molecule has 0 aliphatic heterocycles. The second-order valence-electron chi connectivity index (χ2n) is 11.0. The van der Waals surface area contributed by atoms with Gasteiger partial charge in [-0.25, -0.2) is 0 Å². The average Bonchev–Trinajstić information content (AvgIpc) is 2.84. The van der Waals surface area contributed by atoms with Gasteiger partial charge >= 0.3 is 0 Å². The lowest BCUT2D eigenvalue weighted by atomic mass is 9.94. The number of nitrogens with zero attached hydrogens (tertiary/aromatic N) is 1. The molecule has 0 fully saturated rings. The molecule has 0 spiro atoms. The minimum atomic E-state index is 0.643. The first-order valence-corrected chi connectivity index (χ1v) is 15.1. The van der Waals surface area contributed by atoms with Gasteiger partial charge < -0.3 is 10.2 Å². The zero-order valence-corrected chi connectivity index (χ0v) is 23.8. The molecule has 198 valence electrons. The number of nitrogens with one attached hydrogen (secondary N) is 1. The molecule has 0 heterocycles. The van der Waals surface area contributed by atoms with Crippen LogP contribution in [0.15, 0.2) is 24.3 Å². The summed E-state index contributed by atoms with van der Waals surface area (Å²) in [5.41, 5.74) is 2.95. The van der Waals surface area contributed by atoms with Gasteiger partial charge in [-0.2, -0.15) is 0 Å². The van der Waals surface area contributed by atoms with E-state index < -0.39 is 0 Å². The minimum absolute atomic E-state index is 0.643. The summed E-state index contributed by atoms with van der Waals surface area (Å²) >= 11 is 0. The Bertz CT molecular complexity index is 553. The first-order valence-electron chi connectivity index (χ1n) is 15.1. The van der Waals surface area contributed by atoms with Crippen LogP contribution in [0.25, 0.3) is 0 Å². The Morgan fingerprint density at radius 2 is 1.18 bits per heavy atom. The lowest BCUT2D eigenvalue weighted by Gasteiger charge is -2.24. The van der Waals surface area contributed by atoms with E-state index in [1.54, 1.807) is 0 Å². The maximum Gasteiger partial charge on any atom is 0.00388 e. The lowest BCUT2D eigenvalue weighted by Crippen LogP contribution is -2.28. The van der Waals surface area contributed by atoms with E-state index in [4.69, 9.17) is 0 Å². The normalized spacial score (nSPS) is 13.5. The van der Waals surface area contributed by atoms with Gasteiger partial charge in [0.15, 0.2) is 0 Å². The third-order valence-electron chi connectivity index (χ3n) is 7.45. The van der Waals surface area contributed by atoms with Crippen LogP contribution in [-0.2, 0) is 12.8 Å². The monoisotopic (exact) mass is 472 g/mol. The van der Waals surface area contributed by atoms with Gasteiger partial charge in [0.2, 0.25) is 0 Å². The molecule has 0 radical (unpaired) electrons. The largest absolute Gasteiger partial charge is 0.314 e. The van der Waals surface area contributed by atoms with Crippen LogP contribution in [0.5, 0.6) is 0 Å². The van der Waals surface area contributed by atoms with Gasteiger partial charge in [-0.15, -0.1) is 0 Å². The molecule has 1 rings (SSSR count). The van der Waals surface area contributed by atoms with Gasteiger partial charge in [-0.05, 0) is 69.7 Å². The van der Waals surface area contributed by atoms with Crippen molar-refractivity contribution >= 4 is 0 Å². The van der Waals surface area contributed by atoms with Gasteiger partial charge in [0, 0.05) is 19.1 Å². The van der Waals surface area contributed by atoms with E-state index in [0.717, 1.165) is 18.9 Å². The molecular formula is C32H60N2. The molecule has 0 saturated carbocycles. The Kier molecular flexibility index (Phi) is 19.6. The zero-order chi connectivity index (χ0) is 24.9. The molecule has 1 aromatic carbocycles. The van der Waals surface area contributed by atoms with Gasteiger partial charge in [0.1, 0.15) is 0 Å². The van der Waals surface area contributed by atoms with Gasteiger partial charge in [0.25, 0.3) is 0 Å². The fraction of sp³-hybridized carbons (Fsp3) is 0.812. The summed E-state index contributed by atoms with van der Waals surface area (Å²) in [4.78, 5) is 2.59. The number of rotatable bonds is 23. The molecular weight excluding hydrogens is 412 g/mol. The molecule has 2 atom stereocenters. The van der Waals surface area contributed by atoms with Crippen LogP contribution in [0.1, 0.15) is 129 Å². The van der Waals surface area contributed by atoms with E-state index in [1.807, 2.05) is 0 Å². The van der Waals surface area contributed by atoms with Crippen LogP contribution in [0.2, 0.25) is 0 Å². The minimum Gasteiger partial charge on any atom is -0.314 e. The summed E-state index contributed by atoms with van der Waals surface area (Å²) in [6, 6.07) is 10.1. The highest BCUT2D eigenvalue weighted by atomic mass is 15.1. The van der Waals surface area contributed by atoms with E-state index >= 15 is 0 Å². The molecule has 0 aliphatic carbocycles. The lowest BCUT2D eigenvalue weighted by molar-refractivity contribution is 0.252. The van der Waals surface area contributed by atoms with Crippen molar-refractivity contribution in [2.45, 2.75) is 136 Å². The first-order chi connectivity index (χ1) is 16.6. The zero-order valence-electron chi connectivity index (χ0n) is 23.8. The van der Waals surface area contributed by atoms with Crippen LogP contribution in [0.3, 0.4) is 0 Å². The maximum absolute atomic E-state index is 3.71. The Morgan fingerprint density at radius 3 is 1.76 bits per heavy atom. The van der Waals surface area contributed by atoms with E-state index in [2.05, 4.69) is 69.2 Å². The van der Waals surface area contributed by atoms with Gasteiger partial charge in [0.05, 0.1) is 0 Å². The topological polar surface area (TPSA) is 15.3 Å². The molecule has 0 aliphatic rings. The summed E-state index contributed by atoms with van der Waals surface area (Å²) < 4.78 is 0. The van der Waals surface area contributed by atoms with Crippen LogP contribution >= 0.6 is 0 Å². The summed E-state index contributed by atoms with van der Waals surface area (Å²) in [7, 11) is 2.34. The van der Waals surface area contributed by atoms with Crippen LogP contribution in [0.4, 0.5) is 0 Å². The summed E-state index contributed by atoms with van der Waals surface area (Å²) in [6.45, 7) is 12.8. The van der Waals surface area contributed by atoms with Crippen LogP contribution in [-0.4, -0.2) is 37.6 Å². The fourth-order valence-electron chi connectivity index (χ4n) is 5.04. The van der Waals surface area contributed by atoms with Gasteiger partial charge in [-0.3, -0.25) is 0 Å². The second kappa shape index (κ2) is 21.4. The molecule has 1 N–H and O–H groups in total. The smallest absolute Gasteiger partial charge is 0.00388 e. The molecule has 2 nitrogen and oxygen atoms in total. The van der Waals surface area contributed by atoms with Crippen molar-refractivity contribution < 1.29 is 0 Å². The summed E-state index contributed by atoms with van der Waals surface area (Å²) in [5, 5.41) is 3.71. The van der Waals surface area contributed by atoms with Crippen LogP contribution in [0, 0.1) is 5.92 Å². The predicted octanol–water partition coefficient (Wildman–Crippen LogP) is 8.82. The van der Waals surface area contributed by atoms with Crippen LogP contribution < -0.4 is 5.32 Å². The molecule has 0 amide bonds. The Balaban J connectivity index is 2.29. The number of hydrogen-bond acceptors (Lipinski definition) is 2. The highest BCUT2D eigenvalue weighted by Gasteiger charge is 2.12. The Labute approximate surface area is 214 Å². The molecule has 34 heavy (non-hydrogen) atoms. The van der Waals surface area contributed by atoms with Crippen molar-refractivity contribution in [2.75, 3.05) is 26.7 Å². The number of hydrogen-bond donors (Lipinski definition) is 1. The first kappa shape index (κ1) is 31.2. The van der Waals surface area contributed by atoms with Crippen molar-refractivity contribution in [1.82, 2.24) is 10.2 Å². The molecule has 0 bridgehead atoms. The van der Waals surface area contributed by atoms with E-state index in [-0.39, 0.29) is 0 Å². The van der Waals surface area contributed by atoms with E-state index in [9.17, 15) is 0 Å². The SMILES string of the molecule is CCCCCCC(CCCCC)CN(C)CCc1ccc(CCNC(C)CCCCCC)cc1.